The molecular formula is C24H19NO5S. The maximum absolute atomic E-state index is 12.7. The SMILES string of the molecule is Cc1ccc(CN2C(=O)S/C(=C\c3ccc(-c4ccc(C(=O)O)cc4C)o3)C2=O)cc1. The molecule has 1 N–H and O–H groups in total. The molecule has 2 heterocycles. The fraction of sp³-hybridized carbons (Fsp3) is 0.125. The molecule has 1 aliphatic rings. The summed E-state index contributed by atoms with van der Waals surface area (Å²) >= 11 is 0.886. The minimum absolute atomic E-state index is 0.204. The molecule has 0 atom stereocenters. The topological polar surface area (TPSA) is 87.8 Å². The number of nitrogens with zero attached hydrogens (tertiary/aromatic N) is 1. The van der Waals surface area contributed by atoms with Crippen LogP contribution < -0.4 is 0 Å². The van der Waals surface area contributed by atoms with Gasteiger partial charge in [0, 0.05) is 11.6 Å². The monoisotopic (exact) mass is 433 g/mol. The molecule has 1 aromatic heterocycles. The normalized spacial score (nSPS) is 15.2. The van der Waals surface area contributed by atoms with Crippen molar-refractivity contribution in [2.24, 2.45) is 0 Å². The Bertz CT molecular complexity index is 1220. The van der Waals surface area contributed by atoms with E-state index in [9.17, 15) is 14.4 Å². The number of aryl methyl sites for hydroxylation is 2. The summed E-state index contributed by atoms with van der Waals surface area (Å²) in [5, 5.41) is 8.79. The highest BCUT2D eigenvalue weighted by atomic mass is 32.2. The number of benzene rings is 2. The Kier molecular flexibility index (Phi) is 5.52. The van der Waals surface area contributed by atoms with Gasteiger partial charge in [0.15, 0.2) is 0 Å². The summed E-state index contributed by atoms with van der Waals surface area (Å²) in [6.07, 6.45) is 1.56. The Hall–Kier alpha value is -3.58. The molecule has 0 spiro atoms. The summed E-state index contributed by atoms with van der Waals surface area (Å²) in [6, 6.07) is 16.0. The second-order valence-electron chi connectivity index (χ2n) is 7.29. The molecule has 4 rings (SSSR count). The van der Waals surface area contributed by atoms with Gasteiger partial charge in [0.1, 0.15) is 11.5 Å². The number of rotatable bonds is 5. The number of carboxylic acids is 1. The standard InChI is InChI=1S/C24H19NO5S/c1-14-3-5-16(6-4-14)13-25-22(26)21(31-24(25)29)12-18-8-10-20(30-18)19-9-7-17(23(27)28)11-15(19)2/h3-12H,13H2,1-2H3,(H,27,28)/b21-12-. The number of hydrogen-bond acceptors (Lipinski definition) is 5. The lowest BCUT2D eigenvalue weighted by Crippen LogP contribution is -2.27. The predicted molar refractivity (Wildman–Crippen MR) is 119 cm³/mol. The number of imide groups is 1. The lowest BCUT2D eigenvalue weighted by atomic mass is 10.0. The lowest BCUT2D eigenvalue weighted by Gasteiger charge is -2.12. The van der Waals surface area contributed by atoms with Crippen molar-refractivity contribution in [2.75, 3.05) is 0 Å². The van der Waals surface area contributed by atoms with Crippen LogP contribution in [0.4, 0.5) is 4.79 Å². The van der Waals surface area contributed by atoms with Gasteiger partial charge in [0.05, 0.1) is 17.0 Å². The fourth-order valence-electron chi connectivity index (χ4n) is 3.29. The molecule has 6 nitrogen and oxygen atoms in total. The highest BCUT2D eigenvalue weighted by molar-refractivity contribution is 8.18. The minimum atomic E-state index is -0.990. The highest BCUT2D eigenvalue weighted by Gasteiger charge is 2.35. The summed E-state index contributed by atoms with van der Waals surface area (Å²) < 4.78 is 5.84. The van der Waals surface area contributed by atoms with E-state index in [1.807, 2.05) is 31.2 Å². The molecule has 0 saturated carbocycles. The average Bonchev–Trinajstić information content (AvgIpc) is 3.29. The van der Waals surface area contributed by atoms with Gasteiger partial charge < -0.3 is 9.52 Å². The van der Waals surface area contributed by atoms with E-state index in [-0.39, 0.29) is 23.3 Å². The molecule has 1 aliphatic heterocycles. The molecule has 0 bridgehead atoms. The van der Waals surface area contributed by atoms with Crippen molar-refractivity contribution in [3.8, 4) is 11.3 Å². The summed E-state index contributed by atoms with van der Waals surface area (Å²) in [6.45, 7) is 4.01. The van der Waals surface area contributed by atoms with Crippen LogP contribution in [0, 0.1) is 13.8 Å². The third kappa shape index (κ3) is 4.32. The van der Waals surface area contributed by atoms with Crippen LogP contribution in [-0.2, 0) is 11.3 Å². The first-order chi connectivity index (χ1) is 14.8. The zero-order chi connectivity index (χ0) is 22.1. The molecule has 31 heavy (non-hydrogen) atoms. The van der Waals surface area contributed by atoms with E-state index < -0.39 is 5.97 Å². The second-order valence-corrected chi connectivity index (χ2v) is 8.28. The van der Waals surface area contributed by atoms with Crippen molar-refractivity contribution < 1.29 is 23.9 Å². The Balaban J connectivity index is 1.54. The third-order valence-electron chi connectivity index (χ3n) is 4.97. The van der Waals surface area contributed by atoms with Crippen molar-refractivity contribution >= 4 is 35.0 Å². The van der Waals surface area contributed by atoms with Crippen LogP contribution in [0.3, 0.4) is 0 Å². The summed E-state index contributed by atoms with van der Waals surface area (Å²) in [5.74, 6) is -0.344. The first kappa shape index (κ1) is 20.7. The number of carbonyl (C=O) groups is 3. The highest BCUT2D eigenvalue weighted by Crippen LogP contribution is 2.34. The van der Waals surface area contributed by atoms with Crippen molar-refractivity contribution in [1.82, 2.24) is 4.90 Å². The van der Waals surface area contributed by atoms with Gasteiger partial charge in [-0.05, 0) is 61.0 Å². The first-order valence-corrected chi connectivity index (χ1v) is 10.4. The molecular weight excluding hydrogens is 414 g/mol. The van der Waals surface area contributed by atoms with E-state index >= 15 is 0 Å². The smallest absolute Gasteiger partial charge is 0.335 e. The third-order valence-corrected chi connectivity index (χ3v) is 5.88. The first-order valence-electron chi connectivity index (χ1n) is 9.57. The van der Waals surface area contributed by atoms with E-state index in [2.05, 4.69) is 0 Å². The number of aromatic carboxylic acids is 1. The Morgan fingerprint density at radius 2 is 1.81 bits per heavy atom. The van der Waals surface area contributed by atoms with E-state index in [1.165, 1.54) is 11.0 Å². The van der Waals surface area contributed by atoms with Crippen LogP contribution in [0.5, 0.6) is 0 Å². The molecule has 2 aromatic carbocycles. The van der Waals surface area contributed by atoms with Gasteiger partial charge in [0.25, 0.3) is 11.1 Å². The van der Waals surface area contributed by atoms with Gasteiger partial charge >= 0.3 is 5.97 Å². The summed E-state index contributed by atoms with van der Waals surface area (Å²) in [7, 11) is 0. The van der Waals surface area contributed by atoms with Gasteiger partial charge in [-0.25, -0.2) is 4.79 Å². The van der Waals surface area contributed by atoms with Crippen molar-refractivity contribution in [3.05, 3.63) is 87.5 Å². The summed E-state index contributed by atoms with van der Waals surface area (Å²) in [5.41, 5.74) is 3.72. The van der Waals surface area contributed by atoms with E-state index in [4.69, 9.17) is 9.52 Å². The van der Waals surface area contributed by atoms with Crippen molar-refractivity contribution in [2.45, 2.75) is 20.4 Å². The molecule has 0 radical (unpaired) electrons. The number of amides is 2. The molecule has 0 aliphatic carbocycles. The van der Waals surface area contributed by atoms with Crippen LogP contribution in [-0.4, -0.2) is 27.1 Å². The number of thioether (sulfide) groups is 1. The van der Waals surface area contributed by atoms with E-state index in [0.717, 1.165) is 34.0 Å². The Morgan fingerprint density at radius 1 is 1.06 bits per heavy atom. The molecule has 7 heteroatoms. The van der Waals surface area contributed by atoms with Gasteiger partial charge in [0.2, 0.25) is 0 Å². The van der Waals surface area contributed by atoms with Crippen LogP contribution in [0.1, 0.15) is 32.8 Å². The van der Waals surface area contributed by atoms with Gasteiger partial charge in [-0.2, -0.15) is 0 Å². The van der Waals surface area contributed by atoms with Crippen LogP contribution in [0.15, 0.2) is 63.9 Å². The molecule has 0 unspecified atom stereocenters. The quantitative estimate of drug-likeness (QED) is 0.535. The van der Waals surface area contributed by atoms with E-state index in [0.29, 0.717) is 16.4 Å². The predicted octanol–water partition coefficient (Wildman–Crippen LogP) is 5.50. The molecule has 2 amide bonds. The maximum Gasteiger partial charge on any atom is 0.335 e. The molecule has 3 aromatic rings. The Labute approximate surface area is 183 Å². The number of furan rings is 1. The fourth-order valence-corrected chi connectivity index (χ4v) is 4.11. The minimum Gasteiger partial charge on any atom is -0.478 e. The van der Waals surface area contributed by atoms with Crippen molar-refractivity contribution in [3.63, 3.8) is 0 Å². The van der Waals surface area contributed by atoms with Crippen LogP contribution in [0.2, 0.25) is 0 Å². The lowest BCUT2D eigenvalue weighted by molar-refractivity contribution is -0.123. The van der Waals surface area contributed by atoms with E-state index in [1.54, 1.807) is 37.3 Å². The largest absolute Gasteiger partial charge is 0.478 e. The van der Waals surface area contributed by atoms with Gasteiger partial charge in [-0.3, -0.25) is 14.5 Å². The molecule has 156 valence electrons. The van der Waals surface area contributed by atoms with Gasteiger partial charge in [-0.15, -0.1) is 0 Å². The average molecular weight is 433 g/mol. The zero-order valence-electron chi connectivity index (χ0n) is 16.9. The number of hydrogen-bond donors (Lipinski definition) is 1. The second kappa shape index (κ2) is 8.28. The summed E-state index contributed by atoms with van der Waals surface area (Å²) in [4.78, 5) is 37.7. The van der Waals surface area contributed by atoms with Crippen LogP contribution in [0.25, 0.3) is 17.4 Å². The molecule has 1 fully saturated rings. The molecule has 1 saturated heterocycles. The number of carbonyl (C=O) groups excluding carboxylic acids is 2. The van der Waals surface area contributed by atoms with Crippen LogP contribution >= 0.6 is 11.8 Å². The number of carboxylic acid groups (broad SMARTS) is 1. The Morgan fingerprint density at radius 3 is 2.48 bits per heavy atom. The van der Waals surface area contributed by atoms with Crippen molar-refractivity contribution in [1.29, 1.82) is 0 Å². The maximum atomic E-state index is 12.7. The van der Waals surface area contributed by atoms with Gasteiger partial charge in [-0.1, -0.05) is 35.9 Å². The zero-order valence-corrected chi connectivity index (χ0v) is 17.7.